The van der Waals surface area contributed by atoms with Crippen molar-refractivity contribution in [2.45, 2.75) is 44.4 Å². The quantitative estimate of drug-likeness (QED) is 0.507. The van der Waals surface area contributed by atoms with Gasteiger partial charge in [0.25, 0.3) is 0 Å². The lowest BCUT2D eigenvalue weighted by Gasteiger charge is -2.16. The standard InChI is InChI=1S/C27H26O3/c1-18(2)20-6-8-21(9-7-20)22-5-3-4-19(14-22)15-26(28)27(12-13-27)23-10-11-24-25(16-23)30-17-29-24/h3-11,14,16,18H,12-13,15,17H2,1-2H3. The fourth-order valence-electron chi connectivity index (χ4n) is 4.32. The van der Waals surface area contributed by atoms with Gasteiger partial charge >= 0.3 is 0 Å². The second-order valence-electron chi connectivity index (χ2n) is 8.73. The number of ether oxygens (including phenoxy) is 2. The zero-order valence-corrected chi connectivity index (χ0v) is 17.5. The molecule has 0 bridgehead atoms. The minimum Gasteiger partial charge on any atom is -0.454 e. The van der Waals surface area contributed by atoms with Crippen LogP contribution in [0.1, 0.15) is 49.3 Å². The minimum absolute atomic E-state index is 0.255. The average molecular weight is 399 g/mol. The summed E-state index contributed by atoms with van der Waals surface area (Å²) in [7, 11) is 0. The summed E-state index contributed by atoms with van der Waals surface area (Å²) in [6, 6.07) is 23.0. The average Bonchev–Trinajstić information content (AvgIpc) is 3.45. The van der Waals surface area contributed by atoms with Gasteiger partial charge in [-0.15, -0.1) is 0 Å². The molecule has 1 aliphatic carbocycles. The van der Waals surface area contributed by atoms with Gasteiger partial charge in [0.05, 0.1) is 5.41 Å². The van der Waals surface area contributed by atoms with Crippen LogP contribution in [0.25, 0.3) is 11.1 Å². The number of rotatable bonds is 6. The number of carbonyl (C=O) groups excluding carboxylic acids is 1. The molecule has 5 rings (SSSR count). The van der Waals surface area contributed by atoms with E-state index >= 15 is 0 Å². The van der Waals surface area contributed by atoms with E-state index in [4.69, 9.17) is 9.47 Å². The number of benzene rings is 3. The maximum Gasteiger partial charge on any atom is 0.231 e. The first-order valence-corrected chi connectivity index (χ1v) is 10.7. The van der Waals surface area contributed by atoms with Crippen LogP contribution in [-0.2, 0) is 16.6 Å². The highest BCUT2D eigenvalue weighted by Crippen LogP contribution is 2.51. The molecule has 0 amide bonds. The van der Waals surface area contributed by atoms with E-state index in [1.54, 1.807) is 0 Å². The number of Topliss-reactive ketones (excluding diaryl/α,β-unsaturated/α-hetero) is 1. The van der Waals surface area contributed by atoms with Gasteiger partial charge in [0.15, 0.2) is 11.5 Å². The Morgan fingerprint density at radius 2 is 1.67 bits per heavy atom. The lowest BCUT2D eigenvalue weighted by molar-refractivity contribution is -0.120. The summed E-state index contributed by atoms with van der Waals surface area (Å²) < 4.78 is 10.9. The number of carbonyl (C=O) groups is 1. The monoisotopic (exact) mass is 398 g/mol. The smallest absolute Gasteiger partial charge is 0.231 e. The molecule has 0 N–H and O–H groups in total. The molecule has 1 saturated carbocycles. The fraction of sp³-hybridized carbons (Fsp3) is 0.296. The Kier molecular flexibility index (Phi) is 4.62. The maximum absolute atomic E-state index is 13.3. The molecule has 152 valence electrons. The highest BCUT2D eigenvalue weighted by molar-refractivity contribution is 5.95. The van der Waals surface area contributed by atoms with E-state index in [0.29, 0.717) is 12.3 Å². The molecule has 2 aliphatic rings. The normalized spacial score (nSPS) is 16.0. The summed E-state index contributed by atoms with van der Waals surface area (Å²) in [6.07, 6.45) is 2.26. The molecule has 0 atom stereocenters. The molecule has 0 aromatic heterocycles. The molecule has 3 nitrogen and oxygen atoms in total. The SMILES string of the molecule is CC(C)c1ccc(-c2cccc(CC(=O)C3(c4ccc5c(c4)OCO5)CC3)c2)cc1. The van der Waals surface area contributed by atoms with E-state index in [-0.39, 0.29) is 18.0 Å². The van der Waals surface area contributed by atoms with Crippen molar-refractivity contribution in [1.29, 1.82) is 0 Å². The summed E-state index contributed by atoms with van der Waals surface area (Å²) in [6.45, 7) is 4.66. The van der Waals surface area contributed by atoms with Gasteiger partial charge in [-0.25, -0.2) is 0 Å². The van der Waals surface area contributed by atoms with Crippen LogP contribution < -0.4 is 9.47 Å². The van der Waals surface area contributed by atoms with E-state index < -0.39 is 0 Å². The fourth-order valence-corrected chi connectivity index (χ4v) is 4.32. The summed E-state index contributed by atoms with van der Waals surface area (Å²) in [5.41, 5.74) is 5.43. The van der Waals surface area contributed by atoms with Crippen molar-refractivity contribution in [2.24, 2.45) is 0 Å². The minimum atomic E-state index is -0.365. The molecular formula is C27H26O3. The van der Waals surface area contributed by atoms with E-state index in [9.17, 15) is 4.79 Å². The molecule has 3 aromatic carbocycles. The van der Waals surface area contributed by atoms with Crippen LogP contribution >= 0.6 is 0 Å². The molecule has 0 spiro atoms. The summed E-state index contributed by atoms with van der Waals surface area (Å²) >= 11 is 0. The first-order chi connectivity index (χ1) is 14.5. The first kappa shape index (κ1) is 18.9. The molecule has 0 saturated heterocycles. The predicted octanol–water partition coefficient (Wildman–Crippen LogP) is 6.05. The molecule has 30 heavy (non-hydrogen) atoms. The van der Waals surface area contributed by atoms with Crippen LogP contribution in [0.4, 0.5) is 0 Å². The second-order valence-corrected chi connectivity index (χ2v) is 8.73. The van der Waals surface area contributed by atoms with Crippen molar-refractivity contribution in [3.05, 3.63) is 83.4 Å². The largest absolute Gasteiger partial charge is 0.454 e. The predicted molar refractivity (Wildman–Crippen MR) is 118 cm³/mol. The van der Waals surface area contributed by atoms with E-state index in [1.165, 1.54) is 11.1 Å². The number of hydrogen-bond donors (Lipinski definition) is 0. The molecule has 0 radical (unpaired) electrons. The number of hydrogen-bond acceptors (Lipinski definition) is 3. The molecule has 3 aromatic rings. The van der Waals surface area contributed by atoms with Crippen molar-refractivity contribution in [3.63, 3.8) is 0 Å². The van der Waals surface area contributed by atoms with Gasteiger partial charge in [0.1, 0.15) is 5.78 Å². The van der Waals surface area contributed by atoms with Crippen LogP contribution in [-0.4, -0.2) is 12.6 Å². The lowest BCUT2D eigenvalue weighted by atomic mass is 9.87. The molecule has 1 heterocycles. The van der Waals surface area contributed by atoms with Crippen LogP contribution in [0.3, 0.4) is 0 Å². The Bertz CT molecular complexity index is 1090. The van der Waals surface area contributed by atoms with Crippen molar-refractivity contribution in [3.8, 4) is 22.6 Å². The summed E-state index contributed by atoms with van der Waals surface area (Å²) in [5, 5.41) is 0. The Balaban J connectivity index is 1.36. The van der Waals surface area contributed by atoms with Crippen molar-refractivity contribution < 1.29 is 14.3 Å². The molecule has 0 unspecified atom stereocenters. The first-order valence-electron chi connectivity index (χ1n) is 10.7. The Morgan fingerprint density at radius 3 is 2.40 bits per heavy atom. The van der Waals surface area contributed by atoms with E-state index in [1.807, 2.05) is 18.2 Å². The third-order valence-corrected chi connectivity index (χ3v) is 6.41. The highest BCUT2D eigenvalue weighted by atomic mass is 16.7. The van der Waals surface area contributed by atoms with Crippen molar-refractivity contribution >= 4 is 5.78 Å². The topological polar surface area (TPSA) is 35.5 Å². The number of ketones is 1. The molecule has 1 fully saturated rings. The van der Waals surface area contributed by atoms with Crippen LogP contribution in [0.2, 0.25) is 0 Å². The van der Waals surface area contributed by atoms with Crippen LogP contribution in [0.5, 0.6) is 11.5 Å². The van der Waals surface area contributed by atoms with Gasteiger partial charge in [-0.05, 0) is 58.7 Å². The zero-order chi connectivity index (χ0) is 20.7. The van der Waals surface area contributed by atoms with Gasteiger partial charge < -0.3 is 9.47 Å². The van der Waals surface area contributed by atoms with Gasteiger partial charge in [-0.3, -0.25) is 4.79 Å². The maximum atomic E-state index is 13.3. The summed E-state index contributed by atoms with van der Waals surface area (Å²) in [5.74, 6) is 2.32. The van der Waals surface area contributed by atoms with Crippen molar-refractivity contribution in [1.82, 2.24) is 0 Å². The Hall–Kier alpha value is -3.07. The Labute approximate surface area is 177 Å². The van der Waals surface area contributed by atoms with E-state index in [2.05, 4.69) is 62.4 Å². The van der Waals surface area contributed by atoms with Gasteiger partial charge in [0, 0.05) is 6.42 Å². The molecule has 3 heteroatoms. The van der Waals surface area contributed by atoms with E-state index in [0.717, 1.165) is 41.0 Å². The van der Waals surface area contributed by atoms with Crippen LogP contribution in [0, 0.1) is 0 Å². The van der Waals surface area contributed by atoms with Crippen molar-refractivity contribution in [2.75, 3.05) is 6.79 Å². The van der Waals surface area contributed by atoms with Gasteiger partial charge in [-0.1, -0.05) is 68.4 Å². The summed E-state index contributed by atoms with van der Waals surface area (Å²) in [4.78, 5) is 13.3. The Morgan fingerprint density at radius 1 is 0.900 bits per heavy atom. The van der Waals surface area contributed by atoms with Gasteiger partial charge in [0.2, 0.25) is 6.79 Å². The number of fused-ring (bicyclic) bond motifs is 1. The third-order valence-electron chi connectivity index (χ3n) is 6.41. The third kappa shape index (κ3) is 3.39. The molecular weight excluding hydrogens is 372 g/mol. The van der Waals surface area contributed by atoms with Gasteiger partial charge in [-0.2, -0.15) is 0 Å². The zero-order valence-electron chi connectivity index (χ0n) is 17.5. The lowest BCUT2D eigenvalue weighted by Crippen LogP contribution is -2.22. The second kappa shape index (κ2) is 7.32. The van der Waals surface area contributed by atoms with Crippen LogP contribution in [0.15, 0.2) is 66.7 Å². The highest BCUT2D eigenvalue weighted by Gasteiger charge is 2.50. The molecule has 1 aliphatic heterocycles.